The van der Waals surface area contributed by atoms with E-state index in [1.165, 1.54) is 41.4 Å². The summed E-state index contributed by atoms with van der Waals surface area (Å²) in [5.74, 6) is -0.815. The van der Waals surface area contributed by atoms with Crippen molar-refractivity contribution in [3.8, 4) is 22.3 Å². The van der Waals surface area contributed by atoms with Crippen molar-refractivity contribution >= 4 is 49.1 Å². The number of carbonyl (C=O) groups is 1. The summed E-state index contributed by atoms with van der Waals surface area (Å²) in [6.45, 7) is 1.53. The Labute approximate surface area is 226 Å². The molecule has 3 N–H and O–H groups in total. The molecule has 4 rings (SSSR count). The minimum atomic E-state index is -5.75. The SMILES string of the molecule is CCc1nc(=O)c(Cl)c(C(N)=O)n1Cc1c2ccocc-2c(Br)c1-c1ccccc1NS(=O)(=O)C(F)(F)F. The first-order valence-electron chi connectivity index (χ1n) is 10.7. The Morgan fingerprint density at radius 1 is 1.21 bits per heavy atom. The van der Waals surface area contributed by atoms with Crippen molar-refractivity contribution in [2.24, 2.45) is 5.73 Å². The number of nitrogens with one attached hydrogen (secondary N) is 1. The van der Waals surface area contributed by atoms with Crippen LogP contribution >= 0.6 is 27.5 Å². The Bertz CT molecular complexity index is 1700. The average Bonchev–Trinajstić information content (AvgIpc) is 3.12. The van der Waals surface area contributed by atoms with Gasteiger partial charge in [0.1, 0.15) is 16.5 Å². The summed E-state index contributed by atoms with van der Waals surface area (Å²) in [6.07, 6.45) is 2.97. The van der Waals surface area contributed by atoms with Crippen molar-refractivity contribution in [3.63, 3.8) is 0 Å². The summed E-state index contributed by atoms with van der Waals surface area (Å²) in [6, 6.07) is 7.09. The largest absolute Gasteiger partial charge is 0.516 e. The highest BCUT2D eigenvalue weighted by Crippen LogP contribution is 2.48. The Morgan fingerprint density at radius 3 is 2.53 bits per heavy atom. The lowest BCUT2D eigenvalue weighted by Crippen LogP contribution is -2.30. The standard InChI is InChI=1S/C23H17BrClF3N4O5S/c1-2-16-30-22(34)19(25)20(21(29)33)32(16)9-13-11-7-8-37-10-14(11)18(24)17(13)12-5-3-4-6-15(12)31-38(35,36)23(26,27)28/h3-8,10,31H,2,9H2,1H3,(H2,29,33). The monoisotopic (exact) mass is 632 g/mol. The summed E-state index contributed by atoms with van der Waals surface area (Å²) in [5.41, 5.74) is 0.388. The van der Waals surface area contributed by atoms with E-state index < -0.39 is 32.0 Å². The van der Waals surface area contributed by atoms with Crippen molar-refractivity contribution in [3.05, 3.63) is 79.8 Å². The molecule has 0 atom stereocenters. The molecule has 1 amide bonds. The highest BCUT2D eigenvalue weighted by Gasteiger charge is 2.46. The lowest BCUT2D eigenvalue weighted by atomic mass is 10.0. The second kappa shape index (κ2) is 10.1. The van der Waals surface area contributed by atoms with Gasteiger partial charge in [-0.1, -0.05) is 36.7 Å². The number of aryl methyl sites for hydroxylation is 1. The summed E-state index contributed by atoms with van der Waals surface area (Å²) < 4.78 is 72.0. The molecule has 2 aliphatic rings. The van der Waals surface area contributed by atoms with E-state index in [2.05, 4.69) is 20.9 Å². The molecule has 0 unspecified atom stereocenters. The lowest BCUT2D eigenvalue weighted by molar-refractivity contribution is -0.0429. The van der Waals surface area contributed by atoms with E-state index in [-0.39, 0.29) is 35.7 Å². The maximum Gasteiger partial charge on any atom is 0.516 e. The summed E-state index contributed by atoms with van der Waals surface area (Å²) >= 11 is 9.57. The van der Waals surface area contributed by atoms with Crippen molar-refractivity contribution in [1.82, 2.24) is 9.55 Å². The van der Waals surface area contributed by atoms with Crippen LogP contribution in [0, 0.1) is 0 Å². The molecule has 0 saturated heterocycles. The highest BCUT2D eigenvalue weighted by atomic mass is 79.9. The van der Waals surface area contributed by atoms with Gasteiger partial charge in [0.25, 0.3) is 11.5 Å². The first-order valence-corrected chi connectivity index (χ1v) is 13.4. The third kappa shape index (κ3) is 4.78. The molecule has 0 saturated carbocycles. The van der Waals surface area contributed by atoms with Gasteiger partial charge in [-0.15, -0.1) is 0 Å². The molecule has 0 bridgehead atoms. The number of nitrogens with zero attached hydrogens (tertiary/aromatic N) is 2. The number of primary amides is 1. The maximum absolute atomic E-state index is 13.2. The minimum absolute atomic E-state index is 0.0946. The quantitative estimate of drug-likeness (QED) is 0.294. The Kier molecular flexibility index (Phi) is 7.34. The number of benzene rings is 1. The van der Waals surface area contributed by atoms with Crippen molar-refractivity contribution in [2.75, 3.05) is 4.72 Å². The fourth-order valence-electron chi connectivity index (χ4n) is 4.06. The number of sulfonamides is 1. The van der Waals surface area contributed by atoms with Gasteiger partial charge in [-0.05, 0) is 39.2 Å². The smallest absolute Gasteiger partial charge is 0.472 e. The van der Waals surface area contributed by atoms with E-state index in [0.717, 1.165) is 0 Å². The second-order valence-corrected chi connectivity index (χ2v) is 10.8. The molecule has 2 aromatic rings. The molecule has 0 fully saturated rings. The molecule has 2 heterocycles. The Balaban J connectivity index is 2.03. The fourth-order valence-corrected chi connectivity index (χ4v) is 5.64. The van der Waals surface area contributed by atoms with Gasteiger partial charge in [0.05, 0.1) is 24.8 Å². The Hall–Kier alpha value is -3.36. The number of nitrogens with two attached hydrogens (primary N) is 1. The maximum atomic E-state index is 13.2. The summed E-state index contributed by atoms with van der Waals surface area (Å²) in [5, 5.41) is -0.487. The number of alkyl halides is 3. The zero-order valence-corrected chi connectivity index (χ0v) is 22.4. The van der Waals surface area contributed by atoms with Crippen LogP contribution in [-0.4, -0.2) is 29.4 Å². The van der Waals surface area contributed by atoms with Gasteiger partial charge in [0.2, 0.25) is 0 Å². The second-order valence-electron chi connectivity index (χ2n) is 7.95. The molecule has 9 nitrogen and oxygen atoms in total. The molecular weight excluding hydrogens is 617 g/mol. The van der Waals surface area contributed by atoms with Gasteiger partial charge in [-0.2, -0.15) is 26.6 Å². The third-order valence-electron chi connectivity index (χ3n) is 5.69. The van der Waals surface area contributed by atoms with Crippen LogP contribution in [0.4, 0.5) is 18.9 Å². The normalized spacial score (nSPS) is 12.2. The van der Waals surface area contributed by atoms with Gasteiger partial charge in [-0.25, -0.2) is 0 Å². The number of aromatic nitrogens is 2. The van der Waals surface area contributed by atoms with Crippen LogP contribution in [-0.2, 0) is 23.0 Å². The number of amides is 1. The van der Waals surface area contributed by atoms with Crippen LogP contribution in [0.3, 0.4) is 0 Å². The molecule has 38 heavy (non-hydrogen) atoms. The van der Waals surface area contributed by atoms with Crippen LogP contribution in [0.15, 0.2) is 56.5 Å². The van der Waals surface area contributed by atoms with E-state index in [0.29, 0.717) is 26.7 Å². The topological polar surface area (TPSA) is 137 Å². The number of hydrogen-bond donors (Lipinski definition) is 2. The number of carbonyl (C=O) groups excluding carboxylic acids is 1. The van der Waals surface area contributed by atoms with Crippen LogP contribution in [0.1, 0.15) is 28.8 Å². The predicted molar refractivity (Wildman–Crippen MR) is 138 cm³/mol. The number of hydrogen-bond acceptors (Lipinski definition) is 6. The van der Waals surface area contributed by atoms with E-state index in [1.54, 1.807) is 17.7 Å². The fraction of sp³-hybridized carbons (Fsp3) is 0.174. The number of halogens is 5. The Morgan fingerprint density at radius 2 is 1.89 bits per heavy atom. The molecule has 15 heteroatoms. The third-order valence-corrected chi connectivity index (χ3v) is 7.95. The molecule has 1 aromatic carbocycles. The van der Waals surface area contributed by atoms with Crippen LogP contribution < -0.4 is 16.0 Å². The van der Waals surface area contributed by atoms with Crippen molar-refractivity contribution < 1.29 is 30.8 Å². The van der Waals surface area contributed by atoms with Crippen molar-refractivity contribution in [2.45, 2.75) is 25.4 Å². The number of para-hydroxylation sites is 1. The number of fused-ring (bicyclic) bond motifs is 1. The first kappa shape index (κ1) is 27.7. The van der Waals surface area contributed by atoms with Gasteiger partial charge in [-0.3, -0.25) is 14.3 Å². The van der Waals surface area contributed by atoms with Gasteiger partial charge in [0, 0.05) is 27.6 Å². The molecule has 1 aromatic heterocycles. The van der Waals surface area contributed by atoms with E-state index >= 15 is 0 Å². The lowest BCUT2D eigenvalue weighted by Gasteiger charge is -2.19. The van der Waals surface area contributed by atoms with E-state index in [9.17, 15) is 31.2 Å². The van der Waals surface area contributed by atoms with E-state index in [1.807, 2.05) is 0 Å². The molecular formula is C23H17BrClF3N4O5S. The van der Waals surface area contributed by atoms with Crippen LogP contribution in [0.2, 0.25) is 5.02 Å². The molecule has 1 aliphatic carbocycles. The van der Waals surface area contributed by atoms with Crippen LogP contribution in [0.5, 0.6) is 0 Å². The van der Waals surface area contributed by atoms with Crippen LogP contribution in [0.25, 0.3) is 22.3 Å². The zero-order chi connectivity index (χ0) is 28.0. The highest BCUT2D eigenvalue weighted by molar-refractivity contribution is 9.10. The number of anilines is 1. The zero-order valence-electron chi connectivity index (χ0n) is 19.3. The minimum Gasteiger partial charge on any atom is -0.472 e. The first-order chi connectivity index (χ1) is 17.8. The summed E-state index contributed by atoms with van der Waals surface area (Å²) in [7, 11) is -5.75. The predicted octanol–water partition coefficient (Wildman–Crippen LogP) is 5.00. The van der Waals surface area contributed by atoms with Crippen molar-refractivity contribution in [1.29, 1.82) is 0 Å². The van der Waals surface area contributed by atoms with Gasteiger partial charge in [0.15, 0.2) is 0 Å². The molecule has 200 valence electrons. The van der Waals surface area contributed by atoms with Gasteiger partial charge >= 0.3 is 15.5 Å². The average molecular weight is 634 g/mol. The molecule has 1 aliphatic heterocycles. The molecule has 0 radical (unpaired) electrons. The summed E-state index contributed by atoms with van der Waals surface area (Å²) in [4.78, 5) is 28.5. The number of rotatable bonds is 7. The van der Waals surface area contributed by atoms with E-state index in [4.69, 9.17) is 21.8 Å². The van der Waals surface area contributed by atoms with Gasteiger partial charge < -0.3 is 14.7 Å². The molecule has 0 spiro atoms.